The Morgan fingerprint density at radius 2 is 2.19 bits per heavy atom. The van der Waals surface area contributed by atoms with Gasteiger partial charge in [0.1, 0.15) is 24.1 Å². The van der Waals surface area contributed by atoms with Crippen LogP contribution >= 0.6 is 27.5 Å². The van der Waals surface area contributed by atoms with E-state index in [-0.39, 0.29) is 6.04 Å². The van der Waals surface area contributed by atoms with Gasteiger partial charge in [-0.2, -0.15) is 5.10 Å². The van der Waals surface area contributed by atoms with Crippen LogP contribution in [0, 0.1) is 0 Å². The number of hydrogen-bond donors (Lipinski definition) is 1. The number of furan rings is 1. The molecule has 7 heteroatoms. The molecule has 1 aromatic carbocycles. The molecule has 0 saturated heterocycles. The normalized spacial score (nSPS) is 12.3. The topological polar surface area (TPSA) is 55.9 Å². The second kappa shape index (κ2) is 5.91. The lowest BCUT2D eigenvalue weighted by Gasteiger charge is -2.17. The summed E-state index contributed by atoms with van der Waals surface area (Å²) in [4.78, 5) is 3.96. The molecule has 21 heavy (non-hydrogen) atoms. The van der Waals surface area contributed by atoms with Gasteiger partial charge in [0.05, 0.1) is 16.8 Å². The average Bonchev–Trinajstić information content (AvgIpc) is 3.10. The van der Waals surface area contributed by atoms with Crippen molar-refractivity contribution in [2.24, 2.45) is 0 Å². The van der Waals surface area contributed by atoms with Crippen molar-refractivity contribution in [2.75, 3.05) is 5.32 Å². The molecule has 2 aromatic heterocycles. The van der Waals surface area contributed by atoms with Crippen LogP contribution in [-0.2, 0) is 0 Å². The largest absolute Gasteiger partial charge is 0.452 e. The number of nitrogens with zero attached hydrogens (tertiary/aromatic N) is 3. The predicted octanol–water partition coefficient (Wildman–Crippen LogP) is 4.45. The van der Waals surface area contributed by atoms with Gasteiger partial charge in [-0.1, -0.05) is 17.7 Å². The summed E-state index contributed by atoms with van der Waals surface area (Å²) in [6.07, 6.45) is 3.08. The molecule has 0 bridgehead atoms. The molecule has 5 nitrogen and oxygen atoms in total. The van der Waals surface area contributed by atoms with Gasteiger partial charge in [-0.25, -0.2) is 9.67 Å². The van der Waals surface area contributed by atoms with Crippen molar-refractivity contribution in [1.29, 1.82) is 0 Å². The zero-order valence-corrected chi connectivity index (χ0v) is 13.5. The van der Waals surface area contributed by atoms with E-state index in [1.54, 1.807) is 11.0 Å². The van der Waals surface area contributed by atoms with Gasteiger partial charge in [-0.3, -0.25) is 0 Å². The zero-order valence-electron chi connectivity index (χ0n) is 11.1. The van der Waals surface area contributed by atoms with Crippen LogP contribution in [0.1, 0.15) is 18.7 Å². The van der Waals surface area contributed by atoms with Crippen molar-refractivity contribution in [3.05, 3.63) is 58.4 Å². The van der Waals surface area contributed by atoms with Crippen molar-refractivity contribution >= 4 is 33.2 Å². The Hall–Kier alpha value is -1.79. The van der Waals surface area contributed by atoms with Crippen LogP contribution in [0.15, 0.2) is 52.1 Å². The van der Waals surface area contributed by atoms with Crippen molar-refractivity contribution in [3.63, 3.8) is 0 Å². The minimum absolute atomic E-state index is 0.0166. The highest BCUT2D eigenvalue weighted by molar-refractivity contribution is 9.10. The average molecular weight is 368 g/mol. The molecule has 0 aliphatic rings. The third-order valence-corrected chi connectivity index (χ3v) is 3.76. The first kappa shape index (κ1) is 14.2. The molecular weight excluding hydrogens is 356 g/mol. The molecule has 0 aliphatic heterocycles. The molecule has 2 heterocycles. The van der Waals surface area contributed by atoms with Crippen LogP contribution in [0.4, 0.5) is 5.69 Å². The van der Waals surface area contributed by atoms with Gasteiger partial charge in [-0.15, -0.1) is 0 Å². The van der Waals surface area contributed by atoms with Crippen LogP contribution < -0.4 is 5.32 Å². The number of nitrogens with one attached hydrogen (secondary N) is 1. The zero-order chi connectivity index (χ0) is 14.8. The summed E-state index contributed by atoms with van der Waals surface area (Å²) in [5.74, 6) is 0.825. The molecule has 0 fully saturated rings. The Kier molecular flexibility index (Phi) is 3.98. The highest BCUT2D eigenvalue weighted by Crippen LogP contribution is 2.31. The van der Waals surface area contributed by atoms with E-state index in [1.165, 1.54) is 6.33 Å². The van der Waals surface area contributed by atoms with Gasteiger partial charge in [0.15, 0.2) is 4.67 Å². The first-order valence-electron chi connectivity index (χ1n) is 6.30. The van der Waals surface area contributed by atoms with Gasteiger partial charge in [0.25, 0.3) is 0 Å². The molecule has 1 N–H and O–H groups in total. The fourth-order valence-corrected chi connectivity index (χ4v) is 2.63. The van der Waals surface area contributed by atoms with E-state index in [0.717, 1.165) is 17.1 Å². The lowest BCUT2D eigenvalue weighted by Crippen LogP contribution is -2.09. The molecule has 108 valence electrons. The van der Waals surface area contributed by atoms with E-state index in [1.807, 2.05) is 37.3 Å². The van der Waals surface area contributed by atoms with Gasteiger partial charge < -0.3 is 9.73 Å². The Morgan fingerprint density at radius 3 is 2.86 bits per heavy atom. The second-order valence-corrected chi connectivity index (χ2v) is 5.67. The second-order valence-electron chi connectivity index (χ2n) is 4.48. The van der Waals surface area contributed by atoms with Crippen LogP contribution in [0.5, 0.6) is 0 Å². The molecule has 0 spiro atoms. The third kappa shape index (κ3) is 2.96. The molecule has 0 radical (unpaired) electrons. The summed E-state index contributed by atoms with van der Waals surface area (Å²) < 4.78 is 7.90. The molecule has 0 amide bonds. The van der Waals surface area contributed by atoms with E-state index in [0.29, 0.717) is 9.69 Å². The summed E-state index contributed by atoms with van der Waals surface area (Å²) in [5, 5.41) is 8.12. The van der Waals surface area contributed by atoms with Crippen molar-refractivity contribution < 1.29 is 4.42 Å². The number of para-hydroxylation sites is 1. The van der Waals surface area contributed by atoms with E-state index in [9.17, 15) is 0 Å². The molecule has 1 atom stereocenters. The monoisotopic (exact) mass is 366 g/mol. The standard InChI is InChI=1S/C14H12BrClN4O/c1-9(12-5-6-13(15)21-12)19-11-4-2-3-10(16)14(11)20-8-17-7-18-20/h2-9,19H,1H3. The van der Waals surface area contributed by atoms with E-state index < -0.39 is 0 Å². The SMILES string of the molecule is CC(Nc1cccc(Cl)c1-n1cncn1)c1ccc(Br)o1. The summed E-state index contributed by atoms with van der Waals surface area (Å²) >= 11 is 9.60. The Bertz CT molecular complexity index is 741. The maximum Gasteiger partial charge on any atom is 0.169 e. The maximum absolute atomic E-state index is 6.29. The van der Waals surface area contributed by atoms with Crippen LogP contribution in [-0.4, -0.2) is 14.8 Å². The number of benzene rings is 1. The Morgan fingerprint density at radius 1 is 1.33 bits per heavy atom. The summed E-state index contributed by atoms with van der Waals surface area (Å²) in [7, 11) is 0. The number of halogens is 2. The van der Waals surface area contributed by atoms with E-state index in [2.05, 4.69) is 31.3 Å². The van der Waals surface area contributed by atoms with Crippen molar-refractivity contribution in [2.45, 2.75) is 13.0 Å². The number of anilines is 1. The molecule has 0 aliphatic carbocycles. The summed E-state index contributed by atoms with van der Waals surface area (Å²) in [5.41, 5.74) is 1.61. The molecule has 3 rings (SSSR count). The van der Waals surface area contributed by atoms with E-state index >= 15 is 0 Å². The molecule has 1 unspecified atom stereocenters. The Balaban J connectivity index is 1.94. The fraction of sp³-hybridized carbons (Fsp3) is 0.143. The Labute approximate surface area is 135 Å². The third-order valence-electron chi connectivity index (χ3n) is 3.03. The van der Waals surface area contributed by atoms with Crippen LogP contribution in [0.3, 0.4) is 0 Å². The van der Waals surface area contributed by atoms with Gasteiger partial charge in [-0.05, 0) is 47.1 Å². The van der Waals surface area contributed by atoms with Crippen LogP contribution in [0.25, 0.3) is 5.69 Å². The first-order chi connectivity index (χ1) is 10.1. The van der Waals surface area contributed by atoms with Crippen molar-refractivity contribution in [1.82, 2.24) is 14.8 Å². The van der Waals surface area contributed by atoms with Crippen LogP contribution in [0.2, 0.25) is 5.02 Å². The highest BCUT2D eigenvalue weighted by atomic mass is 79.9. The highest BCUT2D eigenvalue weighted by Gasteiger charge is 2.15. The molecule has 0 saturated carbocycles. The minimum atomic E-state index is -0.0166. The minimum Gasteiger partial charge on any atom is -0.452 e. The predicted molar refractivity (Wildman–Crippen MR) is 84.8 cm³/mol. The smallest absolute Gasteiger partial charge is 0.169 e. The van der Waals surface area contributed by atoms with Gasteiger partial charge in [0, 0.05) is 0 Å². The maximum atomic E-state index is 6.29. The van der Waals surface area contributed by atoms with Gasteiger partial charge >= 0.3 is 0 Å². The first-order valence-corrected chi connectivity index (χ1v) is 7.47. The molecular formula is C14H12BrClN4O. The van der Waals surface area contributed by atoms with Gasteiger partial charge in [0.2, 0.25) is 0 Å². The lowest BCUT2D eigenvalue weighted by atomic mass is 10.2. The summed E-state index contributed by atoms with van der Waals surface area (Å²) in [6.45, 7) is 2.01. The lowest BCUT2D eigenvalue weighted by molar-refractivity contribution is 0.471. The number of rotatable bonds is 4. The fourth-order valence-electron chi connectivity index (χ4n) is 2.05. The number of aromatic nitrogens is 3. The quantitative estimate of drug-likeness (QED) is 0.740. The van der Waals surface area contributed by atoms with E-state index in [4.69, 9.17) is 16.0 Å². The summed E-state index contributed by atoms with van der Waals surface area (Å²) in [6, 6.07) is 9.41. The van der Waals surface area contributed by atoms with Crippen molar-refractivity contribution in [3.8, 4) is 5.69 Å². The molecule has 3 aromatic rings. The number of hydrogen-bond acceptors (Lipinski definition) is 4.